The number of aromatic amines is 1. The van der Waals surface area contributed by atoms with Crippen LogP contribution < -0.4 is 5.32 Å². The lowest BCUT2D eigenvalue weighted by molar-refractivity contribution is 0.195. The molecule has 21 heavy (non-hydrogen) atoms. The Morgan fingerprint density at radius 3 is 2.52 bits per heavy atom. The molecule has 120 valence electrons. The van der Waals surface area contributed by atoms with Crippen molar-refractivity contribution in [1.82, 2.24) is 19.8 Å². The SMILES string of the molecule is CCNCc1n[nH]c(C)c1S(=O)(=O)N1CCC(C)(C)CC1. The van der Waals surface area contributed by atoms with Gasteiger partial charge in [0.15, 0.2) is 0 Å². The Morgan fingerprint density at radius 2 is 1.95 bits per heavy atom. The molecule has 1 fully saturated rings. The summed E-state index contributed by atoms with van der Waals surface area (Å²) in [7, 11) is -3.46. The molecule has 1 aliphatic rings. The highest BCUT2D eigenvalue weighted by Crippen LogP contribution is 2.33. The lowest BCUT2D eigenvalue weighted by Gasteiger charge is -2.36. The highest BCUT2D eigenvalue weighted by Gasteiger charge is 2.35. The fourth-order valence-electron chi connectivity index (χ4n) is 2.64. The van der Waals surface area contributed by atoms with Gasteiger partial charge in [0, 0.05) is 19.6 Å². The maximum absolute atomic E-state index is 12.9. The van der Waals surface area contributed by atoms with E-state index in [1.54, 1.807) is 11.2 Å². The number of hydrogen-bond acceptors (Lipinski definition) is 4. The molecule has 2 heterocycles. The first-order chi connectivity index (χ1) is 9.78. The van der Waals surface area contributed by atoms with Crippen molar-refractivity contribution in [1.29, 1.82) is 0 Å². The third kappa shape index (κ3) is 3.46. The number of hydrogen-bond donors (Lipinski definition) is 2. The number of aryl methyl sites for hydroxylation is 1. The summed E-state index contributed by atoms with van der Waals surface area (Å²) in [5.74, 6) is 0. The topological polar surface area (TPSA) is 78.1 Å². The van der Waals surface area contributed by atoms with Crippen molar-refractivity contribution in [2.45, 2.75) is 52.0 Å². The van der Waals surface area contributed by atoms with E-state index in [-0.39, 0.29) is 5.41 Å². The molecule has 6 nitrogen and oxygen atoms in total. The molecule has 2 N–H and O–H groups in total. The van der Waals surface area contributed by atoms with Crippen molar-refractivity contribution in [3.63, 3.8) is 0 Å². The molecule has 7 heteroatoms. The van der Waals surface area contributed by atoms with Crippen LogP contribution in [0, 0.1) is 12.3 Å². The van der Waals surface area contributed by atoms with E-state index in [2.05, 4.69) is 29.4 Å². The Bertz CT molecular complexity index is 582. The van der Waals surface area contributed by atoms with E-state index in [0.717, 1.165) is 19.4 Å². The summed E-state index contributed by atoms with van der Waals surface area (Å²) >= 11 is 0. The average Bonchev–Trinajstić information content (AvgIpc) is 2.77. The largest absolute Gasteiger partial charge is 0.311 e. The number of piperidine rings is 1. The highest BCUT2D eigenvalue weighted by molar-refractivity contribution is 7.89. The number of nitrogens with zero attached hydrogens (tertiary/aromatic N) is 2. The first-order valence-corrected chi connectivity index (χ1v) is 8.96. The van der Waals surface area contributed by atoms with Gasteiger partial charge in [0.1, 0.15) is 4.90 Å². The summed E-state index contributed by atoms with van der Waals surface area (Å²) in [5.41, 5.74) is 1.43. The maximum Gasteiger partial charge on any atom is 0.246 e. The van der Waals surface area contributed by atoms with Crippen LogP contribution in [0.3, 0.4) is 0 Å². The van der Waals surface area contributed by atoms with Crippen LogP contribution in [-0.2, 0) is 16.6 Å². The predicted molar refractivity (Wildman–Crippen MR) is 82.5 cm³/mol. The summed E-state index contributed by atoms with van der Waals surface area (Å²) in [6.07, 6.45) is 1.79. The Balaban J connectivity index is 2.26. The molecule has 0 aliphatic carbocycles. The van der Waals surface area contributed by atoms with E-state index in [1.807, 2.05) is 6.92 Å². The molecule has 0 radical (unpaired) electrons. The van der Waals surface area contributed by atoms with Gasteiger partial charge in [-0.25, -0.2) is 8.42 Å². The average molecular weight is 314 g/mol. The Kier molecular flexibility index (Phi) is 4.75. The lowest BCUT2D eigenvalue weighted by atomic mass is 9.83. The van der Waals surface area contributed by atoms with E-state index >= 15 is 0 Å². The van der Waals surface area contributed by atoms with Crippen LogP contribution >= 0.6 is 0 Å². The standard InChI is InChI=1S/C14H26N4O2S/c1-5-15-10-12-13(11(2)16-17-12)21(19,20)18-8-6-14(3,4)7-9-18/h15H,5-10H2,1-4H3,(H,16,17). The zero-order valence-corrected chi connectivity index (χ0v) is 14.2. The second-order valence-corrected chi connectivity index (χ2v) is 8.35. The zero-order valence-electron chi connectivity index (χ0n) is 13.4. The fraction of sp³-hybridized carbons (Fsp3) is 0.786. The van der Waals surface area contributed by atoms with Gasteiger partial charge in [-0.2, -0.15) is 9.40 Å². The molecule has 0 saturated carbocycles. The van der Waals surface area contributed by atoms with Gasteiger partial charge in [-0.1, -0.05) is 20.8 Å². The quantitative estimate of drug-likeness (QED) is 0.866. The van der Waals surface area contributed by atoms with Crippen molar-refractivity contribution in [3.8, 4) is 0 Å². The van der Waals surface area contributed by atoms with Gasteiger partial charge in [0.05, 0.1) is 11.4 Å². The number of nitrogens with one attached hydrogen (secondary N) is 2. The van der Waals surface area contributed by atoms with Crippen molar-refractivity contribution < 1.29 is 8.42 Å². The number of aromatic nitrogens is 2. The molecule has 0 bridgehead atoms. The fourth-order valence-corrected chi connectivity index (χ4v) is 4.41. The van der Waals surface area contributed by atoms with Gasteiger partial charge >= 0.3 is 0 Å². The monoisotopic (exact) mass is 314 g/mol. The van der Waals surface area contributed by atoms with Crippen molar-refractivity contribution in [2.75, 3.05) is 19.6 Å². The maximum atomic E-state index is 12.9. The van der Waals surface area contributed by atoms with E-state index in [9.17, 15) is 8.42 Å². The molecule has 1 aromatic rings. The Labute approximate surface area is 127 Å². The smallest absolute Gasteiger partial charge is 0.246 e. The second kappa shape index (κ2) is 6.06. The van der Waals surface area contributed by atoms with Gasteiger partial charge < -0.3 is 5.32 Å². The first-order valence-electron chi connectivity index (χ1n) is 7.52. The molecule has 0 atom stereocenters. The van der Waals surface area contributed by atoms with Gasteiger partial charge in [0.2, 0.25) is 10.0 Å². The van der Waals surface area contributed by atoms with Crippen LogP contribution in [0.1, 0.15) is 45.0 Å². The van der Waals surface area contributed by atoms with Gasteiger partial charge in [-0.05, 0) is 31.7 Å². The number of rotatable bonds is 5. The van der Waals surface area contributed by atoms with Gasteiger partial charge in [-0.15, -0.1) is 0 Å². The summed E-state index contributed by atoms with van der Waals surface area (Å²) in [6, 6.07) is 0. The molecule has 2 rings (SSSR count). The minimum atomic E-state index is -3.46. The molecular formula is C14H26N4O2S. The Morgan fingerprint density at radius 1 is 1.33 bits per heavy atom. The third-order valence-electron chi connectivity index (χ3n) is 4.18. The Hall–Kier alpha value is -0.920. The lowest BCUT2D eigenvalue weighted by Crippen LogP contribution is -2.41. The van der Waals surface area contributed by atoms with Crippen molar-refractivity contribution >= 4 is 10.0 Å². The van der Waals surface area contributed by atoms with Crippen LogP contribution in [0.5, 0.6) is 0 Å². The van der Waals surface area contributed by atoms with Crippen molar-refractivity contribution in [2.24, 2.45) is 5.41 Å². The van der Waals surface area contributed by atoms with E-state index in [0.29, 0.717) is 35.9 Å². The zero-order chi connectivity index (χ0) is 15.7. The number of sulfonamides is 1. The van der Waals surface area contributed by atoms with E-state index < -0.39 is 10.0 Å². The van der Waals surface area contributed by atoms with Crippen LogP contribution in [0.15, 0.2) is 4.90 Å². The first kappa shape index (κ1) is 16.5. The van der Waals surface area contributed by atoms with Gasteiger partial charge in [-0.3, -0.25) is 5.10 Å². The van der Waals surface area contributed by atoms with Crippen LogP contribution in [-0.4, -0.2) is 42.6 Å². The predicted octanol–water partition coefficient (Wildman–Crippen LogP) is 1.64. The van der Waals surface area contributed by atoms with Gasteiger partial charge in [0.25, 0.3) is 0 Å². The summed E-state index contributed by atoms with van der Waals surface area (Å²) in [5, 5.41) is 10.1. The highest BCUT2D eigenvalue weighted by atomic mass is 32.2. The summed E-state index contributed by atoms with van der Waals surface area (Å²) < 4.78 is 27.4. The second-order valence-electron chi connectivity index (χ2n) is 6.47. The number of H-pyrrole nitrogens is 1. The van der Waals surface area contributed by atoms with E-state index in [4.69, 9.17) is 0 Å². The third-order valence-corrected chi connectivity index (χ3v) is 6.28. The summed E-state index contributed by atoms with van der Waals surface area (Å²) in [4.78, 5) is 0.350. The molecule has 0 unspecified atom stereocenters. The molecular weight excluding hydrogens is 288 g/mol. The molecule has 0 amide bonds. The van der Waals surface area contributed by atoms with E-state index in [1.165, 1.54) is 0 Å². The van der Waals surface area contributed by atoms with Crippen LogP contribution in [0.25, 0.3) is 0 Å². The molecule has 0 spiro atoms. The summed E-state index contributed by atoms with van der Waals surface area (Å²) in [6.45, 7) is 10.6. The molecule has 1 saturated heterocycles. The minimum absolute atomic E-state index is 0.226. The van der Waals surface area contributed by atoms with Crippen LogP contribution in [0.4, 0.5) is 0 Å². The normalized spacial score (nSPS) is 19.8. The molecule has 1 aliphatic heterocycles. The minimum Gasteiger partial charge on any atom is -0.311 e. The molecule has 0 aromatic carbocycles. The molecule has 1 aromatic heterocycles. The van der Waals surface area contributed by atoms with Crippen LogP contribution in [0.2, 0.25) is 0 Å². The van der Waals surface area contributed by atoms with Crippen molar-refractivity contribution in [3.05, 3.63) is 11.4 Å².